The fraction of sp³-hybridized carbons (Fsp3) is 0.538. The van der Waals surface area contributed by atoms with Crippen LogP contribution in [0, 0.1) is 5.92 Å². The second kappa shape index (κ2) is 5.17. The Kier molecular flexibility index (Phi) is 3.61. The number of aromatic nitrogens is 1. The van der Waals surface area contributed by atoms with Crippen LogP contribution in [0.25, 0.3) is 0 Å². The number of anilines is 1. The number of nitrogens with zero attached hydrogens (tertiary/aromatic N) is 1. The van der Waals surface area contributed by atoms with E-state index >= 15 is 0 Å². The van der Waals surface area contributed by atoms with Crippen molar-refractivity contribution in [2.45, 2.75) is 38.6 Å². The minimum absolute atomic E-state index is 0.0887. The van der Waals surface area contributed by atoms with Crippen molar-refractivity contribution in [3.8, 4) is 0 Å². The molecular formula is C13H18N2O2. The van der Waals surface area contributed by atoms with E-state index in [-0.39, 0.29) is 5.69 Å². The third-order valence-electron chi connectivity index (χ3n) is 3.16. The van der Waals surface area contributed by atoms with E-state index in [4.69, 9.17) is 5.11 Å². The van der Waals surface area contributed by atoms with E-state index in [9.17, 15) is 4.79 Å². The Morgan fingerprint density at radius 1 is 1.59 bits per heavy atom. The summed E-state index contributed by atoms with van der Waals surface area (Å²) in [6, 6.07) is 3.79. The molecule has 1 aliphatic rings. The highest BCUT2D eigenvalue weighted by molar-refractivity contribution is 5.85. The number of aromatic carboxylic acids is 1. The summed E-state index contributed by atoms with van der Waals surface area (Å²) in [6.07, 6.45) is 6.59. The monoisotopic (exact) mass is 234 g/mol. The second-order valence-corrected chi connectivity index (χ2v) is 4.67. The first-order valence-electron chi connectivity index (χ1n) is 6.15. The lowest BCUT2D eigenvalue weighted by Crippen LogP contribution is -2.19. The van der Waals surface area contributed by atoms with Crippen molar-refractivity contribution in [1.82, 2.24) is 4.98 Å². The highest BCUT2D eigenvalue weighted by atomic mass is 16.4. The average molecular weight is 234 g/mol. The summed E-state index contributed by atoms with van der Waals surface area (Å²) in [6.45, 7) is 2.17. The van der Waals surface area contributed by atoms with Gasteiger partial charge in [-0.05, 0) is 30.9 Å². The van der Waals surface area contributed by atoms with Gasteiger partial charge in [0.2, 0.25) is 0 Å². The summed E-state index contributed by atoms with van der Waals surface area (Å²) in [7, 11) is 0. The fourth-order valence-corrected chi connectivity index (χ4v) is 1.93. The minimum atomic E-state index is -0.985. The van der Waals surface area contributed by atoms with Crippen molar-refractivity contribution in [2.24, 2.45) is 5.92 Å². The van der Waals surface area contributed by atoms with E-state index in [1.54, 1.807) is 12.3 Å². The highest BCUT2D eigenvalue weighted by Gasteiger charge is 2.24. The van der Waals surface area contributed by atoms with Crippen molar-refractivity contribution in [1.29, 1.82) is 0 Å². The molecule has 0 spiro atoms. The smallest absolute Gasteiger partial charge is 0.354 e. The summed E-state index contributed by atoms with van der Waals surface area (Å²) in [5, 5.41) is 12.2. The van der Waals surface area contributed by atoms with Crippen LogP contribution in [-0.4, -0.2) is 22.1 Å². The van der Waals surface area contributed by atoms with Gasteiger partial charge in [-0.25, -0.2) is 9.78 Å². The Bertz CT molecular complexity index is 385. The van der Waals surface area contributed by atoms with E-state index in [0.717, 1.165) is 18.0 Å². The zero-order chi connectivity index (χ0) is 12.3. The fourth-order valence-electron chi connectivity index (χ4n) is 1.93. The molecule has 2 N–H and O–H groups in total. The topological polar surface area (TPSA) is 62.2 Å². The summed E-state index contributed by atoms with van der Waals surface area (Å²) in [4.78, 5) is 14.6. The number of hydrogen-bond donors (Lipinski definition) is 2. The molecule has 1 aromatic rings. The number of rotatable bonds is 6. The van der Waals surface area contributed by atoms with E-state index in [2.05, 4.69) is 17.2 Å². The largest absolute Gasteiger partial charge is 0.477 e. The second-order valence-electron chi connectivity index (χ2n) is 4.67. The molecule has 1 aliphatic carbocycles. The van der Waals surface area contributed by atoms with Crippen molar-refractivity contribution in [2.75, 3.05) is 5.32 Å². The van der Waals surface area contributed by atoms with E-state index < -0.39 is 5.97 Å². The molecule has 1 atom stereocenters. The van der Waals surface area contributed by atoms with Gasteiger partial charge >= 0.3 is 5.97 Å². The van der Waals surface area contributed by atoms with Crippen molar-refractivity contribution in [3.63, 3.8) is 0 Å². The van der Waals surface area contributed by atoms with Gasteiger partial charge in [0.1, 0.15) is 5.69 Å². The molecule has 1 heterocycles. The van der Waals surface area contributed by atoms with Gasteiger partial charge in [0.15, 0.2) is 0 Å². The third kappa shape index (κ3) is 3.44. The number of hydrogen-bond acceptors (Lipinski definition) is 3. The van der Waals surface area contributed by atoms with E-state index in [1.807, 2.05) is 0 Å². The Morgan fingerprint density at radius 3 is 2.82 bits per heavy atom. The van der Waals surface area contributed by atoms with Gasteiger partial charge in [0.25, 0.3) is 0 Å². The Balaban J connectivity index is 1.94. The van der Waals surface area contributed by atoms with Crippen molar-refractivity contribution >= 4 is 11.7 Å². The van der Waals surface area contributed by atoms with Crippen molar-refractivity contribution in [3.05, 3.63) is 24.0 Å². The lowest BCUT2D eigenvalue weighted by molar-refractivity contribution is 0.0690. The molecular weight excluding hydrogens is 216 g/mol. The molecule has 1 aromatic heterocycles. The van der Waals surface area contributed by atoms with Crippen molar-refractivity contribution < 1.29 is 9.90 Å². The zero-order valence-corrected chi connectivity index (χ0v) is 10.0. The Labute approximate surface area is 101 Å². The Hall–Kier alpha value is -1.58. The van der Waals surface area contributed by atoms with Crippen LogP contribution in [0.2, 0.25) is 0 Å². The molecule has 0 aliphatic heterocycles. The number of pyridine rings is 1. The molecule has 0 bridgehead atoms. The van der Waals surface area contributed by atoms with Crippen LogP contribution in [0.4, 0.5) is 5.69 Å². The molecule has 0 aromatic carbocycles. The molecule has 4 heteroatoms. The van der Waals surface area contributed by atoms with Gasteiger partial charge in [-0.2, -0.15) is 0 Å². The van der Waals surface area contributed by atoms with Gasteiger partial charge in [0, 0.05) is 6.04 Å². The molecule has 0 amide bonds. The molecule has 4 nitrogen and oxygen atoms in total. The first-order chi connectivity index (χ1) is 8.19. The predicted octanol–water partition coefficient (Wildman–Crippen LogP) is 2.77. The molecule has 1 unspecified atom stereocenters. The van der Waals surface area contributed by atoms with Crippen LogP contribution in [0.1, 0.15) is 43.1 Å². The molecule has 0 radical (unpaired) electrons. The number of carboxylic acids is 1. The molecule has 1 fully saturated rings. The number of nitrogens with one attached hydrogen (secondary N) is 1. The SMILES string of the molecule is CCC(CC1CC1)Nc1ccc(C(=O)O)nc1. The van der Waals surface area contributed by atoms with Gasteiger partial charge in [-0.3, -0.25) is 0 Å². The van der Waals surface area contributed by atoms with Crippen LogP contribution in [-0.2, 0) is 0 Å². The summed E-state index contributed by atoms with van der Waals surface area (Å²) < 4.78 is 0. The summed E-state index contributed by atoms with van der Waals surface area (Å²) in [5.41, 5.74) is 0.994. The Morgan fingerprint density at radius 2 is 2.35 bits per heavy atom. The molecule has 0 saturated heterocycles. The van der Waals surface area contributed by atoms with E-state index in [1.165, 1.54) is 25.3 Å². The number of carbonyl (C=O) groups is 1. The lowest BCUT2D eigenvalue weighted by atomic mass is 10.1. The van der Waals surface area contributed by atoms with Crippen LogP contribution < -0.4 is 5.32 Å². The van der Waals surface area contributed by atoms with E-state index in [0.29, 0.717) is 6.04 Å². The summed E-state index contributed by atoms with van der Waals surface area (Å²) in [5.74, 6) is -0.0970. The van der Waals surface area contributed by atoms with Gasteiger partial charge in [0.05, 0.1) is 11.9 Å². The molecule has 2 rings (SSSR count). The van der Waals surface area contributed by atoms with Crippen LogP contribution in [0.3, 0.4) is 0 Å². The molecule has 92 valence electrons. The zero-order valence-electron chi connectivity index (χ0n) is 10.0. The maximum Gasteiger partial charge on any atom is 0.354 e. The summed E-state index contributed by atoms with van der Waals surface area (Å²) >= 11 is 0. The van der Waals surface area contributed by atoms with Gasteiger partial charge in [-0.1, -0.05) is 19.8 Å². The first-order valence-corrected chi connectivity index (χ1v) is 6.15. The highest BCUT2D eigenvalue weighted by Crippen LogP contribution is 2.34. The third-order valence-corrected chi connectivity index (χ3v) is 3.16. The van der Waals surface area contributed by atoms with Crippen LogP contribution in [0.15, 0.2) is 18.3 Å². The lowest BCUT2D eigenvalue weighted by Gasteiger charge is -2.17. The van der Waals surface area contributed by atoms with Crippen LogP contribution >= 0.6 is 0 Å². The maximum absolute atomic E-state index is 10.7. The normalized spacial score (nSPS) is 16.5. The number of carboxylic acid groups (broad SMARTS) is 1. The minimum Gasteiger partial charge on any atom is -0.477 e. The van der Waals surface area contributed by atoms with Crippen LogP contribution in [0.5, 0.6) is 0 Å². The van der Waals surface area contributed by atoms with Gasteiger partial charge < -0.3 is 10.4 Å². The first kappa shape index (κ1) is 11.9. The standard InChI is InChI=1S/C13H18N2O2/c1-2-10(7-9-3-4-9)15-11-5-6-12(13(16)17)14-8-11/h5-6,8-10,15H,2-4,7H2,1H3,(H,16,17). The molecule has 1 saturated carbocycles. The predicted molar refractivity (Wildman–Crippen MR) is 66.2 cm³/mol. The average Bonchev–Trinajstić information content (AvgIpc) is 3.13. The molecule has 17 heavy (non-hydrogen) atoms. The van der Waals surface area contributed by atoms with Gasteiger partial charge in [-0.15, -0.1) is 0 Å². The quantitative estimate of drug-likeness (QED) is 0.794. The maximum atomic E-state index is 10.7.